The zero-order valence-corrected chi connectivity index (χ0v) is 9.51. The number of hydrogen-bond donors (Lipinski definition) is 2. The topological polar surface area (TPSA) is 49.8 Å². The van der Waals surface area contributed by atoms with Gasteiger partial charge in [0.15, 0.2) is 0 Å². The normalized spacial score (nSPS) is 20.5. The van der Waals surface area contributed by atoms with Gasteiger partial charge in [-0.2, -0.15) is 0 Å². The lowest BCUT2D eigenvalue weighted by Crippen LogP contribution is -2.29. The Morgan fingerprint density at radius 1 is 1.60 bits per heavy atom. The minimum Gasteiger partial charge on any atom is -0.368 e. The quantitative estimate of drug-likeness (QED) is 0.769. The molecule has 2 heterocycles. The molecule has 0 aliphatic carbocycles. The summed E-state index contributed by atoms with van der Waals surface area (Å²) in [6, 6.07) is 2.46. The van der Waals surface area contributed by atoms with Crippen LogP contribution in [0.15, 0.2) is 6.07 Å². The number of halogens is 1. The smallest absolute Gasteiger partial charge is 0.224 e. The molecule has 0 saturated carbocycles. The predicted octanol–water partition coefficient (Wildman–Crippen LogP) is 1.60. The van der Waals surface area contributed by atoms with Gasteiger partial charge in [0, 0.05) is 24.3 Å². The van der Waals surface area contributed by atoms with Crippen molar-refractivity contribution < 1.29 is 0 Å². The highest BCUT2D eigenvalue weighted by molar-refractivity contribution is 6.28. The van der Waals surface area contributed by atoms with Gasteiger partial charge in [-0.15, -0.1) is 0 Å². The van der Waals surface area contributed by atoms with Crippen LogP contribution in [0.1, 0.15) is 18.5 Å². The van der Waals surface area contributed by atoms with Crippen LogP contribution in [0.25, 0.3) is 0 Å². The second kappa shape index (κ2) is 4.77. The van der Waals surface area contributed by atoms with E-state index in [1.165, 1.54) is 12.8 Å². The molecule has 15 heavy (non-hydrogen) atoms. The molecular formula is C10H15ClN4. The van der Waals surface area contributed by atoms with Crippen molar-refractivity contribution in [3.8, 4) is 0 Å². The molecule has 1 aromatic heterocycles. The minimum atomic E-state index is 0.303. The Morgan fingerprint density at radius 2 is 2.47 bits per heavy atom. The van der Waals surface area contributed by atoms with Crippen molar-refractivity contribution in [2.75, 3.05) is 18.4 Å². The van der Waals surface area contributed by atoms with Crippen LogP contribution in [0.4, 0.5) is 5.82 Å². The standard InChI is InChI=1S/C10H15ClN4/c1-7-5-9(15-10(11)14-7)13-6-8-3-2-4-12-8/h5,8,12H,2-4,6H2,1H3,(H,13,14,15)/t8-/m1/s1. The fourth-order valence-corrected chi connectivity index (χ4v) is 2.01. The number of nitrogens with zero attached hydrogens (tertiary/aromatic N) is 2. The van der Waals surface area contributed by atoms with Gasteiger partial charge in [0.2, 0.25) is 5.28 Å². The minimum absolute atomic E-state index is 0.303. The molecule has 0 bridgehead atoms. The van der Waals surface area contributed by atoms with E-state index in [0.29, 0.717) is 11.3 Å². The highest BCUT2D eigenvalue weighted by atomic mass is 35.5. The molecule has 1 aliphatic rings. The largest absolute Gasteiger partial charge is 0.368 e. The maximum atomic E-state index is 5.77. The third-order valence-electron chi connectivity index (χ3n) is 2.52. The van der Waals surface area contributed by atoms with E-state index in [9.17, 15) is 0 Å². The van der Waals surface area contributed by atoms with Crippen LogP contribution in [0.2, 0.25) is 5.28 Å². The molecule has 0 aromatic carbocycles. The lowest BCUT2D eigenvalue weighted by molar-refractivity contribution is 0.632. The molecule has 2 N–H and O–H groups in total. The highest BCUT2D eigenvalue weighted by Crippen LogP contribution is 2.11. The van der Waals surface area contributed by atoms with E-state index in [1.54, 1.807) is 0 Å². The van der Waals surface area contributed by atoms with Gasteiger partial charge in [-0.3, -0.25) is 0 Å². The van der Waals surface area contributed by atoms with Crippen molar-refractivity contribution in [3.05, 3.63) is 17.0 Å². The van der Waals surface area contributed by atoms with Gasteiger partial charge < -0.3 is 10.6 Å². The number of aromatic nitrogens is 2. The first kappa shape index (κ1) is 10.6. The lowest BCUT2D eigenvalue weighted by atomic mass is 10.2. The van der Waals surface area contributed by atoms with Gasteiger partial charge in [0.1, 0.15) is 5.82 Å². The third-order valence-corrected chi connectivity index (χ3v) is 2.69. The number of aryl methyl sites for hydroxylation is 1. The average molecular weight is 227 g/mol. The Morgan fingerprint density at radius 3 is 3.13 bits per heavy atom. The van der Waals surface area contributed by atoms with Crippen molar-refractivity contribution in [1.82, 2.24) is 15.3 Å². The van der Waals surface area contributed by atoms with E-state index in [2.05, 4.69) is 20.6 Å². The van der Waals surface area contributed by atoms with Gasteiger partial charge in [0.05, 0.1) is 0 Å². The van der Waals surface area contributed by atoms with E-state index in [4.69, 9.17) is 11.6 Å². The molecule has 5 heteroatoms. The van der Waals surface area contributed by atoms with Gasteiger partial charge in [-0.1, -0.05) is 0 Å². The fourth-order valence-electron chi connectivity index (χ4n) is 1.78. The summed E-state index contributed by atoms with van der Waals surface area (Å²) in [5.41, 5.74) is 0.886. The average Bonchev–Trinajstić information content (AvgIpc) is 2.65. The molecule has 1 aromatic rings. The summed E-state index contributed by atoms with van der Waals surface area (Å²) in [5, 5.41) is 6.99. The van der Waals surface area contributed by atoms with E-state index in [0.717, 1.165) is 24.6 Å². The van der Waals surface area contributed by atoms with E-state index in [-0.39, 0.29) is 0 Å². The van der Waals surface area contributed by atoms with Crippen LogP contribution in [-0.4, -0.2) is 29.1 Å². The van der Waals surface area contributed by atoms with Gasteiger partial charge >= 0.3 is 0 Å². The fraction of sp³-hybridized carbons (Fsp3) is 0.600. The van der Waals surface area contributed by atoms with Crippen LogP contribution < -0.4 is 10.6 Å². The summed E-state index contributed by atoms with van der Waals surface area (Å²) in [5.74, 6) is 0.807. The molecule has 82 valence electrons. The van der Waals surface area contributed by atoms with E-state index >= 15 is 0 Å². The predicted molar refractivity (Wildman–Crippen MR) is 61.3 cm³/mol. The zero-order chi connectivity index (χ0) is 10.7. The van der Waals surface area contributed by atoms with Crippen LogP contribution in [0.3, 0.4) is 0 Å². The van der Waals surface area contributed by atoms with Crippen molar-refractivity contribution in [2.24, 2.45) is 0 Å². The third kappa shape index (κ3) is 3.04. The molecule has 2 rings (SSSR count). The Bertz CT molecular complexity index is 316. The number of anilines is 1. The van der Waals surface area contributed by atoms with Crippen LogP contribution in [0.5, 0.6) is 0 Å². The first-order valence-corrected chi connectivity index (χ1v) is 5.60. The van der Waals surface area contributed by atoms with Crippen molar-refractivity contribution in [1.29, 1.82) is 0 Å². The van der Waals surface area contributed by atoms with E-state index < -0.39 is 0 Å². The first-order valence-electron chi connectivity index (χ1n) is 5.22. The van der Waals surface area contributed by atoms with Gasteiger partial charge in [0.25, 0.3) is 0 Å². The van der Waals surface area contributed by atoms with Crippen molar-refractivity contribution in [3.63, 3.8) is 0 Å². The molecular weight excluding hydrogens is 212 g/mol. The van der Waals surface area contributed by atoms with Crippen molar-refractivity contribution in [2.45, 2.75) is 25.8 Å². The molecule has 1 fully saturated rings. The van der Waals surface area contributed by atoms with Crippen LogP contribution in [-0.2, 0) is 0 Å². The lowest BCUT2D eigenvalue weighted by Gasteiger charge is -2.12. The number of rotatable bonds is 3. The van der Waals surface area contributed by atoms with Crippen LogP contribution >= 0.6 is 11.6 Å². The van der Waals surface area contributed by atoms with Crippen molar-refractivity contribution >= 4 is 17.4 Å². The molecule has 1 atom stereocenters. The molecule has 1 saturated heterocycles. The second-order valence-corrected chi connectivity index (χ2v) is 4.18. The summed E-state index contributed by atoms with van der Waals surface area (Å²) < 4.78 is 0. The monoisotopic (exact) mass is 226 g/mol. The van der Waals surface area contributed by atoms with Crippen LogP contribution in [0, 0.1) is 6.92 Å². The molecule has 0 spiro atoms. The van der Waals surface area contributed by atoms with E-state index in [1.807, 2.05) is 13.0 Å². The Hall–Kier alpha value is -0.870. The summed E-state index contributed by atoms with van der Waals surface area (Å²) in [4.78, 5) is 8.12. The summed E-state index contributed by atoms with van der Waals surface area (Å²) in [7, 11) is 0. The summed E-state index contributed by atoms with van der Waals surface area (Å²) >= 11 is 5.77. The maximum Gasteiger partial charge on any atom is 0.224 e. The highest BCUT2D eigenvalue weighted by Gasteiger charge is 2.13. The molecule has 0 amide bonds. The summed E-state index contributed by atoms with van der Waals surface area (Å²) in [6.45, 7) is 3.93. The first-order chi connectivity index (χ1) is 7.24. The Kier molecular flexibility index (Phi) is 3.38. The second-order valence-electron chi connectivity index (χ2n) is 3.84. The molecule has 0 radical (unpaired) electrons. The summed E-state index contributed by atoms with van der Waals surface area (Å²) in [6.07, 6.45) is 2.49. The Labute approximate surface area is 94.5 Å². The molecule has 1 aliphatic heterocycles. The number of nitrogens with one attached hydrogen (secondary N) is 2. The van der Waals surface area contributed by atoms with Gasteiger partial charge in [-0.05, 0) is 37.9 Å². The molecule has 0 unspecified atom stereocenters. The zero-order valence-electron chi connectivity index (χ0n) is 8.76. The SMILES string of the molecule is Cc1cc(NC[C@H]2CCCN2)nc(Cl)n1. The maximum absolute atomic E-state index is 5.77. The number of hydrogen-bond acceptors (Lipinski definition) is 4. The van der Waals surface area contributed by atoms with Gasteiger partial charge in [-0.25, -0.2) is 9.97 Å². The Balaban J connectivity index is 1.92. The molecule has 4 nitrogen and oxygen atoms in total.